The smallest absolute Gasteiger partial charge is 0.462 e. The Kier molecular flexibility index (Phi) is 49.2. The number of carbonyl (C=O) groups is 2. The Morgan fingerprint density at radius 2 is 0.792 bits per heavy atom. The first-order chi connectivity index (χ1) is 35.0. The number of hydrogen-bond donors (Lipinski definition) is 1. The minimum absolute atomic E-state index is 0.0124. The number of carbonyl (C=O) groups excluding carboxylic acids is 2. The predicted molar refractivity (Wildman–Crippen MR) is 307 cm³/mol. The molecule has 1 N–H and O–H groups in total. The highest BCUT2D eigenvalue weighted by Gasteiger charge is 2.27. The van der Waals surface area contributed by atoms with Gasteiger partial charge in [0.25, 0.3) is 0 Å². The van der Waals surface area contributed by atoms with Crippen molar-refractivity contribution in [3.05, 3.63) is 134 Å². The molecule has 408 valence electrons. The molecule has 0 aliphatic rings. The highest BCUT2D eigenvalue weighted by molar-refractivity contribution is 7.47. The van der Waals surface area contributed by atoms with Gasteiger partial charge in [-0.15, -0.1) is 0 Å². The highest BCUT2D eigenvalue weighted by Crippen LogP contribution is 2.43. The molecule has 0 bridgehead atoms. The predicted octanol–water partition coefficient (Wildman–Crippen LogP) is 17.4. The number of quaternary nitrogens is 1. The fraction of sp³-hybridized carbons (Fsp3) is 0.613. The summed E-state index contributed by atoms with van der Waals surface area (Å²) in [6.07, 6.45) is 75.1. The molecule has 0 fully saturated rings. The summed E-state index contributed by atoms with van der Waals surface area (Å²) in [4.78, 5) is 35.6. The summed E-state index contributed by atoms with van der Waals surface area (Å²) in [5.41, 5.74) is 0. The number of rotatable bonds is 49. The molecule has 0 aliphatic carbocycles. The standard InChI is InChI=1S/C62H102NO8P/c1-6-8-10-12-14-16-18-20-22-24-26-28-29-30-31-32-33-35-37-39-41-43-45-47-49-51-53-55-62(65)71-60(59-70-72(66,67)69-57-56-63(3,4)5)58-68-61(64)54-52-50-48-46-44-42-40-38-36-34-27-25-23-21-19-17-15-13-11-9-7-2/h8,10,14,16,19-22,25-28,30-31,33,35-36,38-39,41,45,47,60H,6-7,9,11-13,15,17-18,23-24,29,32,34,37,40,42-44,46,48-59H2,1-5H3/p+1/b10-8-,16-14-,21-19-,22-20-,27-25-,28-26-,31-30-,35-33-,38-36-,41-39-,47-45-. The van der Waals surface area contributed by atoms with Crippen LogP contribution in [0, 0.1) is 0 Å². The van der Waals surface area contributed by atoms with Gasteiger partial charge in [-0.2, -0.15) is 0 Å². The zero-order chi connectivity index (χ0) is 52.7. The number of unbranched alkanes of at least 4 members (excludes halogenated alkanes) is 13. The number of phosphoric ester groups is 1. The van der Waals surface area contributed by atoms with Crippen LogP contribution < -0.4 is 0 Å². The van der Waals surface area contributed by atoms with E-state index in [4.69, 9.17) is 18.5 Å². The summed E-state index contributed by atoms with van der Waals surface area (Å²) in [7, 11) is 1.42. The van der Waals surface area contributed by atoms with E-state index in [1.54, 1.807) is 0 Å². The first-order valence-electron chi connectivity index (χ1n) is 27.9. The van der Waals surface area contributed by atoms with Crippen LogP contribution in [0.15, 0.2) is 134 Å². The van der Waals surface area contributed by atoms with Gasteiger partial charge in [-0.25, -0.2) is 4.57 Å². The largest absolute Gasteiger partial charge is 0.472 e. The Morgan fingerprint density at radius 1 is 0.444 bits per heavy atom. The van der Waals surface area contributed by atoms with Crippen LogP contribution in [0.5, 0.6) is 0 Å². The minimum atomic E-state index is -4.41. The Labute approximate surface area is 441 Å². The fourth-order valence-electron chi connectivity index (χ4n) is 6.86. The lowest BCUT2D eigenvalue weighted by atomic mass is 10.1. The SMILES string of the molecule is CC/C=C\C/C=C\C/C=C\C/C=C\C/C=C\C/C=C\C/C=C\C/C=C\CCCCC(=O)OC(COC(=O)CCCCCCCC/C=C\C/C=C\C/C=C\CCCCCCC)COP(=O)(O)OCC[N+](C)(C)C. The zero-order valence-corrected chi connectivity index (χ0v) is 47.0. The molecule has 0 heterocycles. The summed E-state index contributed by atoms with van der Waals surface area (Å²) in [5.74, 6) is -0.875. The van der Waals surface area contributed by atoms with Crippen LogP contribution in [-0.2, 0) is 32.7 Å². The van der Waals surface area contributed by atoms with Crippen molar-refractivity contribution in [1.82, 2.24) is 0 Å². The van der Waals surface area contributed by atoms with Crippen molar-refractivity contribution < 1.29 is 42.1 Å². The van der Waals surface area contributed by atoms with Gasteiger partial charge in [-0.3, -0.25) is 18.6 Å². The molecule has 0 aliphatic heterocycles. The van der Waals surface area contributed by atoms with E-state index >= 15 is 0 Å². The molecule has 2 atom stereocenters. The van der Waals surface area contributed by atoms with Crippen molar-refractivity contribution >= 4 is 19.8 Å². The average molecular weight is 1020 g/mol. The quantitative estimate of drug-likeness (QED) is 0.0211. The molecule has 0 radical (unpaired) electrons. The third kappa shape index (κ3) is 55.5. The monoisotopic (exact) mass is 1020 g/mol. The molecule has 0 saturated carbocycles. The van der Waals surface area contributed by atoms with E-state index in [0.717, 1.165) is 116 Å². The third-order valence-corrected chi connectivity index (χ3v) is 12.1. The van der Waals surface area contributed by atoms with Crippen molar-refractivity contribution in [3.63, 3.8) is 0 Å². The van der Waals surface area contributed by atoms with Crippen molar-refractivity contribution in [2.75, 3.05) is 47.5 Å². The molecule has 0 saturated heterocycles. The zero-order valence-electron chi connectivity index (χ0n) is 46.1. The topological polar surface area (TPSA) is 108 Å². The lowest BCUT2D eigenvalue weighted by molar-refractivity contribution is -0.870. The van der Waals surface area contributed by atoms with Crippen molar-refractivity contribution in [3.8, 4) is 0 Å². The van der Waals surface area contributed by atoms with Crippen molar-refractivity contribution in [1.29, 1.82) is 0 Å². The van der Waals surface area contributed by atoms with Gasteiger partial charge in [-0.05, 0) is 116 Å². The summed E-state index contributed by atoms with van der Waals surface area (Å²) < 4.78 is 34.5. The molecule has 0 amide bonds. The van der Waals surface area contributed by atoms with Crippen LogP contribution in [0.3, 0.4) is 0 Å². The molecule has 9 nitrogen and oxygen atoms in total. The summed E-state index contributed by atoms with van der Waals surface area (Å²) in [6.45, 7) is 4.22. The first-order valence-corrected chi connectivity index (χ1v) is 29.4. The third-order valence-electron chi connectivity index (χ3n) is 11.2. The number of hydrogen-bond acceptors (Lipinski definition) is 7. The van der Waals surface area contributed by atoms with Gasteiger partial charge in [0.2, 0.25) is 0 Å². The molecular weight excluding hydrogens is 918 g/mol. The van der Waals surface area contributed by atoms with Gasteiger partial charge in [0, 0.05) is 12.8 Å². The second kappa shape index (κ2) is 52.0. The van der Waals surface area contributed by atoms with Crippen LogP contribution in [-0.4, -0.2) is 74.9 Å². The van der Waals surface area contributed by atoms with Crippen molar-refractivity contribution in [2.45, 2.75) is 200 Å². The van der Waals surface area contributed by atoms with Crippen molar-refractivity contribution in [2.24, 2.45) is 0 Å². The first kappa shape index (κ1) is 68.2. The van der Waals surface area contributed by atoms with E-state index in [1.165, 1.54) is 38.5 Å². The summed E-state index contributed by atoms with van der Waals surface area (Å²) in [5, 5.41) is 0. The van der Waals surface area contributed by atoms with E-state index in [2.05, 4.69) is 148 Å². The van der Waals surface area contributed by atoms with Gasteiger partial charge < -0.3 is 18.9 Å². The normalized spacial score (nSPS) is 14.4. The second-order valence-corrected chi connectivity index (χ2v) is 20.7. The van der Waals surface area contributed by atoms with E-state index in [1.807, 2.05) is 21.1 Å². The van der Waals surface area contributed by atoms with Gasteiger partial charge in [0.15, 0.2) is 6.10 Å². The lowest BCUT2D eigenvalue weighted by Gasteiger charge is -2.24. The second-order valence-electron chi connectivity index (χ2n) is 19.2. The van der Waals surface area contributed by atoms with Gasteiger partial charge in [0.05, 0.1) is 27.7 Å². The van der Waals surface area contributed by atoms with Crippen LogP contribution in [0.4, 0.5) is 0 Å². The molecule has 72 heavy (non-hydrogen) atoms. The number of nitrogens with zero attached hydrogens (tertiary/aromatic N) is 1. The minimum Gasteiger partial charge on any atom is -0.462 e. The Morgan fingerprint density at radius 3 is 1.21 bits per heavy atom. The number of phosphoric acid groups is 1. The van der Waals surface area contributed by atoms with Gasteiger partial charge in [0.1, 0.15) is 19.8 Å². The molecule has 0 spiro atoms. The van der Waals surface area contributed by atoms with Gasteiger partial charge in [-0.1, -0.05) is 199 Å². The summed E-state index contributed by atoms with van der Waals surface area (Å²) >= 11 is 0. The van der Waals surface area contributed by atoms with Crippen LogP contribution in [0.1, 0.15) is 194 Å². The molecule has 10 heteroatoms. The molecular formula is C62H103NO8P+. The Hall–Kier alpha value is -3.85. The Balaban J connectivity index is 4.37. The molecule has 0 aromatic rings. The maximum absolute atomic E-state index is 12.8. The molecule has 2 unspecified atom stereocenters. The maximum atomic E-state index is 12.8. The number of likely N-dealkylation sites (N-methyl/N-ethyl adjacent to an activating group) is 1. The van der Waals surface area contributed by atoms with Crippen LogP contribution >= 0.6 is 7.82 Å². The average Bonchev–Trinajstić information content (AvgIpc) is 3.34. The van der Waals surface area contributed by atoms with Gasteiger partial charge >= 0.3 is 19.8 Å². The number of ether oxygens (including phenoxy) is 2. The lowest BCUT2D eigenvalue weighted by Crippen LogP contribution is -2.37. The van der Waals surface area contributed by atoms with Crippen LogP contribution in [0.25, 0.3) is 0 Å². The highest BCUT2D eigenvalue weighted by atomic mass is 31.2. The van der Waals surface area contributed by atoms with E-state index < -0.39 is 32.5 Å². The maximum Gasteiger partial charge on any atom is 0.472 e. The molecule has 0 rings (SSSR count). The molecule has 0 aromatic heterocycles. The molecule has 0 aromatic carbocycles. The summed E-state index contributed by atoms with van der Waals surface area (Å²) in [6, 6.07) is 0. The van der Waals surface area contributed by atoms with E-state index in [0.29, 0.717) is 23.9 Å². The number of allylic oxidation sites excluding steroid dienone is 22. The van der Waals surface area contributed by atoms with Crippen LogP contribution in [0.2, 0.25) is 0 Å². The van der Waals surface area contributed by atoms with E-state index in [9.17, 15) is 19.0 Å². The van der Waals surface area contributed by atoms with E-state index in [-0.39, 0.29) is 26.1 Å². The fourth-order valence-corrected chi connectivity index (χ4v) is 7.60. The number of esters is 2. The Bertz CT molecular complexity index is 1670.